The summed E-state index contributed by atoms with van der Waals surface area (Å²) in [5.74, 6) is 1.27. The first-order chi connectivity index (χ1) is 12.6. The molecule has 2 N–H and O–H groups in total. The first-order valence-corrected chi connectivity index (χ1v) is 8.45. The van der Waals surface area contributed by atoms with Gasteiger partial charge in [0.15, 0.2) is 17.2 Å². The van der Waals surface area contributed by atoms with Crippen LogP contribution in [0.5, 0.6) is 11.5 Å². The van der Waals surface area contributed by atoms with E-state index in [1.165, 1.54) is 0 Å². The van der Waals surface area contributed by atoms with Crippen LogP contribution in [0.15, 0.2) is 51.4 Å². The molecule has 7 nitrogen and oxygen atoms in total. The maximum absolute atomic E-state index is 12.1. The van der Waals surface area contributed by atoms with Gasteiger partial charge in [0, 0.05) is 10.6 Å². The number of ether oxygens (including phenoxy) is 2. The van der Waals surface area contributed by atoms with Crippen molar-refractivity contribution in [2.45, 2.75) is 0 Å². The van der Waals surface area contributed by atoms with E-state index in [9.17, 15) is 4.79 Å². The fourth-order valence-electron chi connectivity index (χ4n) is 2.52. The minimum atomic E-state index is -0.399. The van der Waals surface area contributed by atoms with Gasteiger partial charge in [-0.3, -0.25) is 15.0 Å². The summed E-state index contributed by atoms with van der Waals surface area (Å²) in [6, 6.07) is 10.2. The number of rotatable bonds is 3. The first-order valence-electron chi connectivity index (χ1n) is 7.69. The molecule has 1 aliphatic rings. The van der Waals surface area contributed by atoms with Crippen LogP contribution in [0.25, 0.3) is 11.3 Å². The summed E-state index contributed by atoms with van der Waals surface area (Å²) in [7, 11) is 0. The van der Waals surface area contributed by atoms with Gasteiger partial charge in [-0.25, -0.2) is 0 Å². The number of hydrogen-bond acceptors (Lipinski definition) is 5. The lowest BCUT2D eigenvalue weighted by atomic mass is 10.1. The Morgan fingerprint density at radius 3 is 2.54 bits per heavy atom. The van der Waals surface area contributed by atoms with Gasteiger partial charge < -0.3 is 9.47 Å². The number of H-pyrrole nitrogens is 2. The van der Waals surface area contributed by atoms with Crippen LogP contribution in [0.2, 0.25) is 10.0 Å². The smallest absolute Gasteiger partial charge is 0.292 e. The van der Waals surface area contributed by atoms with E-state index in [-0.39, 0.29) is 5.69 Å². The number of azo groups is 1. The van der Waals surface area contributed by atoms with E-state index in [0.717, 1.165) is 0 Å². The van der Waals surface area contributed by atoms with Crippen molar-refractivity contribution in [1.29, 1.82) is 0 Å². The SMILES string of the molecule is O=c1[nH][nH]c(-c2ccc3c(c2)OCCO3)c1N=Nc1ccc(Cl)cc1Cl. The summed E-state index contributed by atoms with van der Waals surface area (Å²) in [6.45, 7) is 0.983. The summed E-state index contributed by atoms with van der Waals surface area (Å²) in [6.07, 6.45) is 0. The molecule has 132 valence electrons. The third-order valence-corrected chi connectivity index (χ3v) is 4.29. The van der Waals surface area contributed by atoms with Crippen molar-refractivity contribution < 1.29 is 9.47 Å². The lowest BCUT2D eigenvalue weighted by molar-refractivity contribution is 0.171. The Bertz CT molecular complexity index is 1060. The molecule has 0 spiro atoms. The molecule has 26 heavy (non-hydrogen) atoms. The third kappa shape index (κ3) is 3.18. The van der Waals surface area contributed by atoms with Crippen molar-refractivity contribution in [3.8, 4) is 22.8 Å². The molecule has 2 heterocycles. The molecule has 1 aromatic heterocycles. The van der Waals surface area contributed by atoms with Crippen molar-refractivity contribution in [3.63, 3.8) is 0 Å². The molecular weight excluding hydrogens is 379 g/mol. The van der Waals surface area contributed by atoms with Crippen molar-refractivity contribution in [3.05, 3.63) is 56.8 Å². The van der Waals surface area contributed by atoms with Crippen LogP contribution in [0.3, 0.4) is 0 Å². The fraction of sp³-hybridized carbons (Fsp3) is 0.118. The minimum absolute atomic E-state index is 0.132. The molecule has 3 aromatic rings. The van der Waals surface area contributed by atoms with E-state index in [2.05, 4.69) is 20.4 Å². The van der Waals surface area contributed by atoms with E-state index < -0.39 is 5.56 Å². The molecule has 0 radical (unpaired) electrons. The Morgan fingerprint density at radius 2 is 1.73 bits per heavy atom. The maximum Gasteiger partial charge on any atom is 0.292 e. The van der Waals surface area contributed by atoms with Crippen molar-refractivity contribution in [2.75, 3.05) is 13.2 Å². The van der Waals surface area contributed by atoms with Crippen molar-refractivity contribution in [1.82, 2.24) is 10.2 Å². The number of aromatic nitrogens is 2. The molecule has 9 heteroatoms. The molecule has 0 aliphatic carbocycles. The molecule has 0 saturated heterocycles. The van der Waals surface area contributed by atoms with E-state index in [1.807, 2.05) is 0 Å². The average Bonchev–Trinajstić information content (AvgIpc) is 3.01. The van der Waals surface area contributed by atoms with Gasteiger partial charge in [-0.1, -0.05) is 23.2 Å². The normalized spacial score (nSPS) is 13.3. The molecular formula is C17H12Cl2N4O3. The number of nitrogens with one attached hydrogen (secondary N) is 2. The molecule has 0 saturated carbocycles. The summed E-state index contributed by atoms with van der Waals surface area (Å²) in [4.78, 5) is 12.1. The summed E-state index contributed by atoms with van der Waals surface area (Å²) < 4.78 is 11.1. The summed E-state index contributed by atoms with van der Waals surface area (Å²) in [5.41, 5.74) is 1.34. The summed E-state index contributed by atoms with van der Waals surface area (Å²) in [5, 5.41) is 14.3. The van der Waals surface area contributed by atoms with E-state index in [0.29, 0.717) is 51.7 Å². The molecule has 0 fully saturated rings. The van der Waals surface area contributed by atoms with Gasteiger partial charge in [-0.15, -0.1) is 10.2 Å². The predicted molar refractivity (Wildman–Crippen MR) is 98.5 cm³/mol. The molecule has 2 aromatic carbocycles. The maximum atomic E-state index is 12.1. The Kier molecular flexibility index (Phi) is 4.40. The zero-order valence-electron chi connectivity index (χ0n) is 13.3. The Hall–Kier alpha value is -2.77. The van der Waals surface area contributed by atoms with Crippen molar-refractivity contribution in [2.24, 2.45) is 10.2 Å². The number of halogens is 2. The minimum Gasteiger partial charge on any atom is -0.486 e. The number of fused-ring (bicyclic) bond motifs is 1. The van der Waals surface area contributed by atoms with E-state index in [4.69, 9.17) is 32.7 Å². The second-order valence-corrected chi connectivity index (χ2v) is 6.30. The van der Waals surface area contributed by atoms with Gasteiger partial charge in [0.05, 0.1) is 10.7 Å². The van der Waals surface area contributed by atoms with Crippen LogP contribution in [0, 0.1) is 0 Å². The Morgan fingerprint density at radius 1 is 0.923 bits per heavy atom. The van der Waals surface area contributed by atoms with Crippen LogP contribution in [-0.2, 0) is 0 Å². The highest BCUT2D eigenvalue weighted by Crippen LogP contribution is 2.36. The highest BCUT2D eigenvalue weighted by Gasteiger charge is 2.17. The standard InChI is InChI=1S/C17H12Cl2N4O3/c18-10-2-3-12(11(19)8-10)20-22-16-15(21-23-17(16)24)9-1-4-13-14(7-9)26-6-5-25-13/h1-4,7-8H,5-6H2,(H2,21,23,24). The fourth-order valence-corrected chi connectivity index (χ4v) is 2.97. The van der Waals surface area contributed by atoms with Crippen LogP contribution in [0.1, 0.15) is 0 Å². The lowest BCUT2D eigenvalue weighted by Gasteiger charge is -2.18. The molecule has 0 bridgehead atoms. The summed E-state index contributed by atoms with van der Waals surface area (Å²) >= 11 is 11.9. The predicted octanol–water partition coefficient (Wildman–Crippen LogP) is 4.86. The molecule has 1 aliphatic heterocycles. The van der Waals surface area contributed by atoms with Gasteiger partial charge in [-0.2, -0.15) is 0 Å². The monoisotopic (exact) mass is 390 g/mol. The molecule has 0 amide bonds. The zero-order valence-corrected chi connectivity index (χ0v) is 14.8. The van der Waals surface area contributed by atoms with Gasteiger partial charge >= 0.3 is 0 Å². The lowest BCUT2D eigenvalue weighted by Crippen LogP contribution is -2.15. The van der Waals surface area contributed by atoms with Gasteiger partial charge in [0.25, 0.3) is 5.56 Å². The molecule has 0 atom stereocenters. The number of aromatic amines is 2. The van der Waals surface area contributed by atoms with Crippen LogP contribution in [0.4, 0.5) is 11.4 Å². The second kappa shape index (κ2) is 6.86. The number of benzene rings is 2. The molecule has 4 rings (SSSR count). The Balaban J connectivity index is 1.72. The second-order valence-electron chi connectivity index (χ2n) is 5.46. The number of nitrogens with zero attached hydrogens (tertiary/aromatic N) is 2. The van der Waals surface area contributed by atoms with Crippen molar-refractivity contribution >= 4 is 34.6 Å². The van der Waals surface area contributed by atoms with Crippen LogP contribution >= 0.6 is 23.2 Å². The van der Waals surface area contributed by atoms with E-state index in [1.54, 1.807) is 36.4 Å². The van der Waals surface area contributed by atoms with Gasteiger partial charge in [0.2, 0.25) is 0 Å². The van der Waals surface area contributed by atoms with Crippen LogP contribution in [-0.4, -0.2) is 23.4 Å². The average molecular weight is 391 g/mol. The third-order valence-electron chi connectivity index (χ3n) is 3.75. The largest absolute Gasteiger partial charge is 0.486 e. The van der Waals surface area contributed by atoms with Crippen LogP contribution < -0.4 is 15.0 Å². The zero-order chi connectivity index (χ0) is 18.1. The van der Waals surface area contributed by atoms with Gasteiger partial charge in [0.1, 0.15) is 18.9 Å². The first kappa shape index (κ1) is 16.7. The quantitative estimate of drug-likeness (QED) is 0.625. The molecule has 0 unspecified atom stereocenters. The Labute approximate surface area is 157 Å². The van der Waals surface area contributed by atoms with E-state index >= 15 is 0 Å². The topological polar surface area (TPSA) is 91.8 Å². The highest BCUT2D eigenvalue weighted by atomic mass is 35.5. The number of hydrogen-bond donors (Lipinski definition) is 2. The van der Waals surface area contributed by atoms with Gasteiger partial charge in [-0.05, 0) is 36.4 Å². The highest BCUT2D eigenvalue weighted by molar-refractivity contribution is 6.36.